The minimum Gasteiger partial charge on any atom is -0.471 e. The molecule has 1 N–H and O–H groups in total. The number of ether oxygens (including phenoxy) is 1. The van der Waals surface area contributed by atoms with E-state index >= 15 is 0 Å². The minimum atomic E-state index is 0.569. The molecule has 3 nitrogen and oxygen atoms in total. The van der Waals surface area contributed by atoms with Gasteiger partial charge in [0.1, 0.15) is 6.61 Å². The number of nitrogens with zero attached hydrogens (tertiary/aromatic N) is 1. The Balaban J connectivity index is 1.90. The number of hydrogen-bond acceptors (Lipinski definition) is 4. The van der Waals surface area contributed by atoms with E-state index in [9.17, 15) is 0 Å². The van der Waals surface area contributed by atoms with Gasteiger partial charge in [-0.05, 0) is 35.5 Å². The molecular weight excluding hydrogens is 280 g/mol. The molecule has 2 heterocycles. The monoisotopic (exact) mass is 298 g/mol. The predicted octanol–water partition coefficient (Wildman–Crippen LogP) is 3.98. The van der Waals surface area contributed by atoms with Crippen molar-refractivity contribution in [3.05, 3.63) is 58.4 Å². The van der Waals surface area contributed by atoms with Crippen molar-refractivity contribution in [2.45, 2.75) is 20.1 Å². The van der Waals surface area contributed by atoms with Crippen molar-refractivity contribution in [2.75, 3.05) is 6.54 Å². The Morgan fingerprint density at radius 3 is 2.90 bits per heavy atom. The molecule has 0 aliphatic rings. The van der Waals surface area contributed by atoms with Crippen LogP contribution in [0.1, 0.15) is 17.5 Å². The molecule has 0 fully saturated rings. The predicted molar refractivity (Wildman–Crippen MR) is 87.8 cm³/mol. The summed E-state index contributed by atoms with van der Waals surface area (Å²) in [5.74, 6) is 0.717. The summed E-state index contributed by atoms with van der Waals surface area (Å²) in [6, 6.07) is 14.5. The van der Waals surface area contributed by atoms with Gasteiger partial charge in [0.15, 0.2) is 0 Å². The van der Waals surface area contributed by atoms with Crippen molar-refractivity contribution < 1.29 is 4.74 Å². The van der Waals surface area contributed by atoms with Gasteiger partial charge in [-0.2, -0.15) is 0 Å². The quantitative estimate of drug-likeness (QED) is 0.747. The molecule has 0 amide bonds. The Bertz CT molecular complexity index is 710. The van der Waals surface area contributed by atoms with Crippen LogP contribution >= 0.6 is 11.3 Å². The molecule has 0 bridgehead atoms. The van der Waals surface area contributed by atoms with Crippen LogP contribution in [0.2, 0.25) is 0 Å². The number of thiophene rings is 1. The first kappa shape index (κ1) is 14.0. The largest absolute Gasteiger partial charge is 0.471 e. The molecule has 2 aromatic heterocycles. The summed E-state index contributed by atoms with van der Waals surface area (Å²) < 4.78 is 5.96. The molecule has 0 aliphatic carbocycles. The highest BCUT2D eigenvalue weighted by Gasteiger charge is 2.07. The van der Waals surface area contributed by atoms with Gasteiger partial charge in [-0.1, -0.05) is 31.2 Å². The third-order valence-electron chi connectivity index (χ3n) is 3.25. The summed E-state index contributed by atoms with van der Waals surface area (Å²) in [7, 11) is 0. The van der Waals surface area contributed by atoms with Crippen LogP contribution in [0.15, 0.2) is 47.8 Å². The lowest BCUT2D eigenvalue weighted by Gasteiger charge is -2.10. The van der Waals surface area contributed by atoms with Gasteiger partial charge in [-0.3, -0.25) is 0 Å². The lowest BCUT2D eigenvalue weighted by atomic mass is 10.1. The van der Waals surface area contributed by atoms with Gasteiger partial charge in [-0.25, -0.2) is 4.98 Å². The van der Waals surface area contributed by atoms with Crippen molar-refractivity contribution in [1.82, 2.24) is 10.3 Å². The Hall–Kier alpha value is -1.91. The van der Waals surface area contributed by atoms with Gasteiger partial charge < -0.3 is 10.1 Å². The van der Waals surface area contributed by atoms with Crippen LogP contribution in [-0.2, 0) is 13.2 Å². The average molecular weight is 298 g/mol. The highest BCUT2D eigenvalue weighted by atomic mass is 32.1. The summed E-state index contributed by atoms with van der Waals surface area (Å²) in [5.41, 5.74) is 1.01. The standard InChI is InChI=1S/C17H18N2OS/c1-2-18-11-14-10-13-6-3-4-8-16(13)17(19-14)20-12-15-7-5-9-21-15/h3-10,18H,2,11-12H2,1H3. The van der Waals surface area contributed by atoms with Crippen LogP contribution in [-0.4, -0.2) is 11.5 Å². The van der Waals surface area contributed by atoms with E-state index in [0.29, 0.717) is 6.61 Å². The van der Waals surface area contributed by atoms with Crippen molar-refractivity contribution in [3.63, 3.8) is 0 Å². The summed E-state index contributed by atoms with van der Waals surface area (Å²) in [6.45, 7) is 4.35. The van der Waals surface area contributed by atoms with Crippen molar-refractivity contribution in [2.24, 2.45) is 0 Å². The van der Waals surface area contributed by atoms with E-state index in [0.717, 1.165) is 30.0 Å². The second-order valence-corrected chi connectivity index (χ2v) is 5.82. The van der Waals surface area contributed by atoms with Crippen LogP contribution in [0, 0.1) is 0 Å². The zero-order valence-electron chi connectivity index (χ0n) is 12.0. The maximum absolute atomic E-state index is 5.96. The van der Waals surface area contributed by atoms with Crippen LogP contribution in [0.5, 0.6) is 5.88 Å². The Labute approximate surface area is 128 Å². The van der Waals surface area contributed by atoms with Crippen LogP contribution < -0.4 is 10.1 Å². The van der Waals surface area contributed by atoms with Crippen LogP contribution in [0.4, 0.5) is 0 Å². The number of hydrogen-bond donors (Lipinski definition) is 1. The van der Waals surface area contributed by atoms with E-state index in [-0.39, 0.29) is 0 Å². The average Bonchev–Trinajstić information content (AvgIpc) is 3.04. The summed E-state index contributed by atoms with van der Waals surface area (Å²) in [6.07, 6.45) is 0. The highest BCUT2D eigenvalue weighted by Crippen LogP contribution is 2.25. The van der Waals surface area contributed by atoms with Crippen molar-refractivity contribution in [3.8, 4) is 5.88 Å². The Kier molecular flexibility index (Phi) is 4.48. The van der Waals surface area contributed by atoms with Crippen LogP contribution in [0.25, 0.3) is 10.8 Å². The number of rotatable bonds is 6. The SMILES string of the molecule is CCNCc1cc2ccccc2c(OCc2cccs2)n1. The van der Waals surface area contributed by atoms with Gasteiger partial charge in [0.2, 0.25) is 5.88 Å². The summed E-state index contributed by atoms with van der Waals surface area (Å²) in [4.78, 5) is 5.86. The molecule has 0 radical (unpaired) electrons. The van der Waals surface area contributed by atoms with E-state index < -0.39 is 0 Å². The van der Waals surface area contributed by atoms with Gasteiger partial charge in [0, 0.05) is 16.8 Å². The first-order chi connectivity index (χ1) is 10.4. The van der Waals surface area contributed by atoms with E-state index in [2.05, 4.69) is 46.9 Å². The Morgan fingerprint density at radius 2 is 2.10 bits per heavy atom. The zero-order chi connectivity index (χ0) is 14.5. The van der Waals surface area contributed by atoms with Crippen molar-refractivity contribution in [1.29, 1.82) is 0 Å². The van der Waals surface area contributed by atoms with E-state index in [1.165, 1.54) is 10.3 Å². The van der Waals surface area contributed by atoms with Gasteiger partial charge in [0.25, 0.3) is 0 Å². The molecular formula is C17H18N2OS. The fourth-order valence-electron chi connectivity index (χ4n) is 2.21. The molecule has 0 aliphatic heterocycles. The van der Waals surface area contributed by atoms with E-state index in [1.807, 2.05) is 18.2 Å². The lowest BCUT2D eigenvalue weighted by molar-refractivity contribution is 0.300. The molecule has 4 heteroatoms. The molecule has 1 aromatic carbocycles. The first-order valence-corrected chi connectivity index (χ1v) is 7.99. The van der Waals surface area contributed by atoms with E-state index in [1.54, 1.807) is 11.3 Å². The lowest BCUT2D eigenvalue weighted by Crippen LogP contribution is -2.13. The number of benzene rings is 1. The van der Waals surface area contributed by atoms with Gasteiger partial charge in [0.05, 0.1) is 5.69 Å². The fraction of sp³-hybridized carbons (Fsp3) is 0.235. The van der Waals surface area contributed by atoms with Crippen LogP contribution in [0.3, 0.4) is 0 Å². The van der Waals surface area contributed by atoms with Gasteiger partial charge >= 0.3 is 0 Å². The van der Waals surface area contributed by atoms with Gasteiger partial charge in [-0.15, -0.1) is 11.3 Å². The number of fused-ring (bicyclic) bond motifs is 1. The molecule has 3 aromatic rings. The molecule has 0 spiro atoms. The zero-order valence-corrected chi connectivity index (χ0v) is 12.8. The second kappa shape index (κ2) is 6.70. The molecule has 0 saturated heterocycles. The molecule has 108 valence electrons. The minimum absolute atomic E-state index is 0.569. The number of nitrogens with one attached hydrogen (secondary N) is 1. The third kappa shape index (κ3) is 3.40. The third-order valence-corrected chi connectivity index (χ3v) is 4.10. The summed E-state index contributed by atoms with van der Waals surface area (Å²) >= 11 is 1.70. The fourth-order valence-corrected chi connectivity index (χ4v) is 2.82. The molecule has 0 atom stereocenters. The highest BCUT2D eigenvalue weighted by molar-refractivity contribution is 7.09. The smallest absolute Gasteiger partial charge is 0.221 e. The topological polar surface area (TPSA) is 34.1 Å². The molecule has 0 saturated carbocycles. The first-order valence-electron chi connectivity index (χ1n) is 7.11. The second-order valence-electron chi connectivity index (χ2n) is 4.79. The number of pyridine rings is 1. The molecule has 21 heavy (non-hydrogen) atoms. The maximum atomic E-state index is 5.96. The normalized spacial score (nSPS) is 10.9. The van der Waals surface area contributed by atoms with Crippen molar-refractivity contribution >= 4 is 22.1 Å². The summed E-state index contributed by atoms with van der Waals surface area (Å²) in [5, 5.41) is 7.60. The maximum Gasteiger partial charge on any atom is 0.221 e. The number of aromatic nitrogens is 1. The molecule has 3 rings (SSSR count). The molecule has 0 unspecified atom stereocenters. The Morgan fingerprint density at radius 1 is 1.19 bits per heavy atom. The van der Waals surface area contributed by atoms with E-state index in [4.69, 9.17) is 4.74 Å².